The average molecular weight is 391 g/mol. The summed E-state index contributed by atoms with van der Waals surface area (Å²) in [7, 11) is -2.02. The van der Waals surface area contributed by atoms with Crippen LogP contribution >= 0.6 is 0 Å². The molecule has 0 aromatic heterocycles. The molecule has 0 heterocycles. The first-order valence-corrected chi connectivity index (χ1v) is 10.4. The highest BCUT2D eigenvalue weighted by atomic mass is 32.2. The molecule has 0 bridgehead atoms. The largest absolute Gasteiger partial charge is 0.497 e. The van der Waals surface area contributed by atoms with Crippen molar-refractivity contribution in [2.45, 2.75) is 38.1 Å². The number of aryl methyl sites for hydroxylation is 1. The Morgan fingerprint density at radius 1 is 1.11 bits per heavy atom. The molecule has 1 atom stereocenters. The number of carbonyl (C=O) groups is 1. The van der Waals surface area contributed by atoms with Crippen molar-refractivity contribution in [3.63, 3.8) is 0 Å². The molecule has 146 valence electrons. The zero-order valence-corrected chi connectivity index (χ0v) is 16.9. The first-order chi connectivity index (χ1) is 12.8. The molecular weight excluding hydrogens is 364 g/mol. The molecule has 0 radical (unpaired) electrons. The van der Waals surface area contributed by atoms with Crippen molar-refractivity contribution in [3.05, 3.63) is 59.2 Å². The molecule has 1 amide bonds. The van der Waals surface area contributed by atoms with Crippen LogP contribution in [-0.2, 0) is 10.0 Å². The number of amides is 1. The Balaban J connectivity index is 2.27. The molecule has 27 heavy (non-hydrogen) atoms. The Bertz CT molecular complexity index is 893. The minimum absolute atomic E-state index is 0.0811. The van der Waals surface area contributed by atoms with Crippen molar-refractivity contribution in [2.24, 2.45) is 0 Å². The van der Waals surface area contributed by atoms with Gasteiger partial charge in [0.25, 0.3) is 5.91 Å². The van der Waals surface area contributed by atoms with Crippen molar-refractivity contribution < 1.29 is 17.9 Å². The Labute approximate surface area is 161 Å². The minimum Gasteiger partial charge on any atom is -0.497 e. The normalized spacial score (nSPS) is 12.4. The molecule has 0 saturated heterocycles. The Morgan fingerprint density at radius 3 is 2.33 bits per heavy atom. The zero-order chi connectivity index (χ0) is 20.0. The monoisotopic (exact) mass is 390 g/mol. The van der Waals surface area contributed by atoms with Crippen molar-refractivity contribution >= 4 is 15.9 Å². The molecule has 6 nitrogen and oxygen atoms in total. The van der Waals surface area contributed by atoms with Crippen LogP contribution in [0.2, 0.25) is 0 Å². The van der Waals surface area contributed by atoms with E-state index < -0.39 is 10.0 Å². The van der Waals surface area contributed by atoms with Gasteiger partial charge in [-0.15, -0.1) is 0 Å². The predicted octanol–water partition coefficient (Wildman–Crippen LogP) is 3.18. The van der Waals surface area contributed by atoms with E-state index in [0.29, 0.717) is 17.5 Å². The van der Waals surface area contributed by atoms with E-state index in [0.717, 1.165) is 11.3 Å². The molecule has 2 aromatic carbocycles. The second-order valence-corrected chi connectivity index (χ2v) is 7.95. The number of nitrogens with one attached hydrogen (secondary N) is 2. The lowest BCUT2D eigenvalue weighted by Gasteiger charge is -2.19. The van der Waals surface area contributed by atoms with Gasteiger partial charge in [0.05, 0.1) is 18.0 Å². The lowest BCUT2D eigenvalue weighted by molar-refractivity contribution is 0.0934. The summed E-state index contributed by atoms with van der Waals surface area (Å²) in [6.45, 7) is 5.76. The highest BCUT2D eigenvalue weighted by Gasteiger charge is 2.19. The maximum atomic E-state index is 12.8. The number of ether oxygens (including phenoxy) is 1. The Hall–Kier alpha value is -2.38. The number of carbonyl (C=O) groups excluding carboxylic acids is 1. The summed E-state index contributed by atoms with van der Waals surface area (Å²) in [6.07, 6.45) is 0.701. The van der Waals surface area contributed by atoms with Crippen LogP contribution < -0.4 is 14.8 Å². The summed E-state index contributed by atoms with van der Waals surface area (Å²) in [5.41, 5.74) is 2.02. The summed E-state index contributed by atoms with van der Waals surface area (Å²) < 4.78 is 32.1. The van der Waals surface area contributed by atoms with Crippen LogP contribution in [0, 0.1) is 6.92 Å². The van der Waals surface area contributed by atoms with Crippen LogP contribution in [0.3, 0.4) is 0 Å². The molecule has 0 aliphatic heterocycles. The van der Waals surface area contributed by atoms with Crippen molar-refractivity contribution in [1.82, 2.24) is 10.0 Å². The quantitative estimate of drug-likeness (QED) is 0.725. The van der Waals surface area contributed by atoms with E-state index >= 15 is 0 Å². The average Bonchev–Trinajstić information content (AvgIpc) is 2.66. The van der Waals surface area contributed by atoms with Crippen LogP contribution in [0.25, 0.3) is 0 Å². The SMILES string of the molecule is CCNS(=O)(=O)c1ccc(C)c(C(=O)NC(CC)c2ccc(OC)cc2)c1. The van der Waals surface area contributed by atoms with E-state index in [1.807, 2.05) is 31.2 Å². The first-order valence-electron chi connectivity index (χ1n) is 8.87. The third-order valence-corrected chi connectivity index (χ3v) is 5.87. The van der Waals surface area contributed by atoms with Gasteiger partial charge in [-0.3, -0.25) is 4.79 Å². The van der Waals surface area contributed by atoms with E-state index in [1.165, 1.54) is 12.1 Å². The third kappa shape index (κ3) is 5.08. The van der Waals surface area contributed by atoms with Crippen LogP contribution in [0.4, 0.5) is 0 Å². The van der Waals surface area contributed by atoms with Gasteiger partial charge in [0, 0.05) is 12.1 Å². The smallest absolute Gasteiger partial charge is 0.252 e. The summed E-state index contributed by atoms with van der Waals surface area (Å²) >= 11 is 0. The molecule has 2 N–H and O–H groups in total. The second-order valence-electron chi connectivity index (χ2n) is 6.19. The number of hydrogen-bond donors (Lipinski definition) is 2. The topological polar surface area (TPSA) is 84.5 Å². The molecule has 1 unspecified atom stereocenters. The maximum Gasteiger partial charge on any atom is 0.252 e. The number of hydrogen-bond acceptors (Lipinski definition) is 4. The molecule has 0 aliphatic rings. The van der Waals surface area contributed by atoms with E-state index in [9.17, 15) is 13.2 Å². The fourth-order valence-electron chi connectivity index (χ4n) is 2.78. The molecule has 0 aliphatic carbocycles. The van der Waals surface area contributed by atoms with Crippen LogP contribution in [0.5, 0.6) is 5.75 Å². The molecule has 7 heteroatoms. The highest BCUT2D eigenvalue weighted by Crippen LogP contribution is 2.22. The maximum absolute atomic E-state index is 12.8. The molecule has 2 aromatic rings. The molecule has 0 saturated carbocycles. The van der Waals surface area contributed by atoms with Crippen LogP contribution in [0.1, 0.15) is 47.8 Å². The van der Waals surface area contributed by atoms with Gasteiger partial charge in [0.15, 0.2) is 0 Å². The van der Waals surface area contributed by atoms with Gasteiger partial charge < -0.3 is 10.1 Å². The summed E-state index contributed by atoms with van der Waals surface area (Å²) in [4.78, 5) is 12.9. The molecule has 0 spiro atoms. The van der Waals surface area contributed by atoms with E-state index in [1.54, 1.807) is 27.0 Å². The summed E-state index contributed by atoms with van der Waals surface area (Å²) in [5.74, 6) is 0.445. The van der Waals surface area contributed by atoms with E-state index in [-0.39, 0.29) is 23.4 Å². The Morgan fingerprint density at radius 2 is 1.78 bits per heavy atom. The van der Waals surface area contributed by atoms with Gasteiger partial charge in [0.1, 0.15) is 5.75 Å². The molecular formula is C20H26N2O4S. The fourth-order valence-corrected chi connectivity index (χ4v) is 3.85. The Kier molecular flexibility index (Phi) is 6.98. The zero-order valence-electron chi connectivity index (χ0n) is 16.1. The minimum atomic E-state index is -3.62. The van der Waals surface area contributed by atoms with Gasteiger partial charge in [-0.25, -0.2) is 13.1 Å². The molecule has 0 fully saturated rings. The van der Waals surface area contributed by atoms with Crippen molar-refractivity contribution in [3.8, 4) is 5.75 Å². The standard InChI is InChI=1S/C20H26N2O4S/c1-5-19(15-8-10-16(26-4)11-9-15)22-20(23)18-13-17(12-7-14(18)3)27(24,25)21-6-2/h7-13,19,21H,5-6H2,1-4H3,(H,22,23). The van der Waals surface area contributed by atoms with Gasteiger partial charge >= 0.3 is 0 Å². The van der Waals surface area contributed by atoms with Gasteiger partial charge in [-0.1, -0.05) is 32.0 Å². The second kappa shape index (κ2) is 9.01. The summed E-state index contributed by atoms with van der Waals surface area (Å²) in [5, 5.41) is 2.99. The lowest BCUT2D eigenvalue weighted by Crippen LogP contribution is -2.29. The van der Waals surface area contributed by atoms with Crippen molar-refractivity contribution in [2.75, 3.05) is 13.7 Å². The van der Waals surface area contributed by atoms with Gasteiger partial charge in [0.2, 0.25) is 10.0 Å². The van der Waals surface area contributed by atoms with Gasteiger partial charge in [-0.05, 0) is 48.7 Å². The van der Waals surface area contributed by atoms with Crippen LogP contribution in [0.15, 0.2) is 47.4 Å². The lowest BCUT2D eigenvalue weighted by atomic mass is 10.0. The number of benzene rings is 2. The highest BCUT2D eigenvalue weighted by molar-refractivity contribution is 7.89. The number of methoxy groups -OCH3 is 1. The number of rotatable bonds is 8. The first kappa shape index (κ1) is 20.9. The summed E-state index contributed by atoms with van der Waals surface area (Å²) in [6, 6.07) is 11.9. The van der Waals surface area contributed by atoms with E-state index in [2.05, 4.69) is 10.0 Å². The number of sulfonamides is 1. The van der Waals surface area contributed by atoms with Gasteiger partial charge in [-0.2, -0.15) is 0 Å². The fraction of sp³-hybridized carbons (Fsp3) is 0.350. The van der Waals surface area contributed by atoms with E-state index in [4.69, 9.17) is 4.74 Å². The third-order valence-electron chi connectivity index (χ3n) is 4.33. The van der Waals surface area contributed by atoms with Crippen molar-refractivity contribution in [1.29, 1.82) is 0 Å². The van der Waals surface area contributed by atoms with Crippen LogP contribution in [-0.4, -0.2) is 28.0 Å². The molecule has 2 rings (SSSR count). The predicted molar refractivity (Wildman–Crippen MR) is 106 cm³/mol.